The third-order valence-corrected chi connectivity index (χ3v) is 3.05. The minimum Gasteiger partial charge on any atom is -0.492 e. The van der Waals surface area contributed by atoms with E-state index in [-0.39, 0.29) is 34.0 Å². The molecule has 0 radical (unpaired) electrons. The predicted octanol–water partition coefficient (Wildman–Crippen LogP) is 2.46. The van der Waals surface area contributed by atoms with Crippen LogP contribution in [0.2, 0.25) is 0 Å². The number of benzene rings is 1. The molecule has 0 aliphatic carbocycles. The van der Waals surface area contributed by atoms with Gasteiger partial charge in [0.25, 0.3) is 5.69 Å². The summed E-state index contributed by atoms with van der Waals surface area (Å²) in [6.45, 7) is 0. The molecule has 7 nitrogen and oxygen atoms in total. The van der Waals surface area contributed by atoms with Crippen molar-refractivity contribution in [2.75, 3.05) is 14.2 Å². The van der Waals surface area contributed by atoms with Crippen LogP contribution in [0.5, 0.6) is 11.5 Å². The van der Waals surface area contributed by atoms with Crippen LogP contribution in [0.25, 0.3) is 11.0 Å². The molecule has 1 heterocycles. The third kappa shape index (κ3) is 2.16. The number of ether oxygens (including phenoxy) is 2. The van der Waals surface area contributed by atoms with E-state index in [4.69, 9.17) is 25.5 Å². The Balaban J connectivity index is 3.06. The summed E-state index contributed by atoms with van der Waals surface area (Å²) in [7, 11) is 2.67. The number of rotatable bonds is 4. The van der Waals surface area contributed by atoms with E-state index in [0.29, 0.717) is 5.56 Å². The van der Waals surface area contributed by atoms with Crippen LogP contribution in [0.1, 0.15) is 5.56 Å². The number of nitro groups is 1. The molecule has 106 valence electrons. The SMILES string of the molecule is COc1cc([N+](=O)[O-])c2c(CCl)cc(=O)oc2c1OC. The minimum atomic E-state index is -0.672. The van der Waals surface area contributed by atoms with Crippen molar-refractivity contribution in [2.24, 2.45) is 0 Å². The van der Waals surface area contributed by atoms with Crippen LogP contribution in [0, 0.1) is 10.1 Å². The fourth-order valence-electron chi connectivity index (χ4n) is 1.95. The Kier molecular flexibility index (Phi) is 3.80. The van der Waals surface area contributed by atoms with Gasteiger partial charge in [0.2, 0.25) is 5.75 Å². The maximum atomic E-state index is 11.5. The first kappa shape index (κ1) is 14.1. The first-order valence-corrected chi connectivity index (χ1v) is 5.99. The van der Waals surface area contributed by atoms with E-state index in [1.807, 2.05) is 0 Å². The van der Waals surface area contributed by atoms with Crippen molar-refractivity contribution in [2.45, 2.75) is 5.88 Å². The zero-order valence-corrected chi connectivity index (χ0v) is 11.4. The maximum Gasteiger partial charge on any atom is 0.336 e. The molecule has 0 unspecified atom stereocenters. The van der Waals surface area contributed by atoms with Gasteiger partial charge in [-0.05, 0) is 5.56 Å². The van der Waals surface area contributed by atoms with Crippen molar-refractivity contribution in [1.82, 2.24) is 0 Å². The smallest absolute Gasteiger partial charge is 0.336 e. The highest BCUT2D eigenvalue weighted by atomic mass is 35.5. The van der Waals surface area contributed by atoms with E-state index < -0.39 is 10.5 Å². The Hall–Kier alpha value is -2.28. The highest BCUT2D eigenvalue weighted by Gasteiger charge is 2.25. The van der Waals surface area contributed by atoms with E-state index in [1.54, 1.807) is 0 Å². The van der Waals surface area contributed by atoms with E-state index in [9.17, 15) is 14.9 Å². The lowest BCUT2D eigenvalue weighted by Crippen LogP contribution is -2.04. The van der Waals surface area contributed by atoms with Crippen LogP contribution in [0.4, 0.5) is 5.69 Å². The van der Waals surface area contributed by atoms with Crippen molar-refractivity contribution in [3.8, 4) is 11.5 Å². The Morgan fingerprint density at radius 2 is 2.05 bits per heavy atom. The van der Waals surface area contributed by atoms with Gasteiger partial charge in [-0.25, -0.2) is 4.79 Å². The summed E-state index contributed by atoms with van der Waals surface area (Å²) in [5, 5.41) is 11.3. The first-order valence-electron chi connectivity index (χ1n) is 5.45. The molecule has 20 heavy (non-hydrogen) atoms. The van der Waals surface area contributed by atoms with Crippen LogP contribution in [0.3, 0.4) is 0 Å². The zero-order valence-electron chi connectivity index (χ0n) is 10.6. The summed E-state index contributed by atoms with van der Waals surface area (Å²) in [6, 6.07) is 2.32. The van der Waals surface area contributed by atoms with Gasteiger partial charge in [-0.15, -0.1) is 11.6 Å². The summed E-state index contributed by atoms with van der Waals surface area (Å²) in [5.41, 5.74) is -0.696. The van der Waals surface area contributed by atoms with Gasteiger partial charge < -0.3 is 13.9 Å². The second-order valence-electron chi connectivity index (χ2n) is 3.82. The van der Waals surface area contributed by atoms with Crippen LogP contribution < -0.4 is 15.1 Å². The van der Waals surface area contributed by atoms with Crippen molar-refractivity contribution in [3.05, 3.63) is 38.2 Å². The molecule has 1 aromatic carbocycles. The number of hydrogen-bond donors (Lipinski definition) is 0. The number of hydrogen-bond acceptors (Lipinski definition) is 6. The average molecular weight is 300 g/mol. The zero-order chi connectivity index (χ0) is 14.9. The minimum absolute atomic E-state index is 0.0540. The molecule has 0 aliphatic heterocycles. The molecule has 0 N–H and O–H groups in total. The van der Waals surface area contributed by atoms with Gasteiger partial charge in [0.1, 0.15) is 5.39 Å². The molecule has 0 aliphatic rings. The number of nitro benzene ring substituents is 1. The molecule has 2 rings (SSSR count). The number of methoxy groups -OCH3 is 2. The van der Waals surface area contributed by atoms with E-state index in [1.165, 1.54) is 20.3 Å². The largest absolute Gasteiger partial charge is 0.492 e. The fraction of sp³-hybridized carbons (Fsp3) is 0.250. The van der Waals surface area contributed by atoms with E-state index in [0.717, 1.165) is 6.07 Å². The van der Waals surface area contributed by atoms with Gasteiger partial charge in [-0.1, -0.05) is 0 Å². The van der Waals surface area contributed by atoms with Crippen LogP contribution in [-0.4, -0.2) is 19.1 Å². The fourth-order valence-corrected chi connectivity index (χ4v) is 2.16. The second-order valence-corrected chi connectivity index (χ2v) is 4.08. The standard InChI is InChI=1S/C12H10ClNO6/c1-18-8-4-7(14(16)17)10-6(5-13)3-9(15)20-12(10)11(8)19-2/h3-4H,5H2,1-2H3. The third-order valence-electron chi connectivity index (χ3n) is 2.76. The van der Waals surface area contributed by atoms with Crippen LogP contribution in [-0.2, 0) is 5.88 Å². The monoisotopic (exact) mass is 299 g/mol. The van der Waals surface area contributed by atoms with Crippen LogP contribution in [0.15, 0.2) is 21.3 Å². The van der Waals surface area contributed by atoms with Crippen molar-refractivity contribution in [3.63, 3.8) is 0 Å². The molecule has 0 fully saturated rings. The lowest BCUT2D eigenvalue weighted by molar-refractivity contribution is -0.383. The van der Waals surface area contributed by atoms with Gasteiger partial charge in [0.15, 0.2) is 11.3 Å². The molecular weight excluding hydrogens is 290 g/mol. The molecule has 0 spiro atoms. The number of alkyl halides is 1. The lowest BCUT2D eigenvalue weighted by atomic mass is 10.1. The average Bonchev–Trinajstić information content (AvgIpc) is 2.43. The number of fused-ring (bicyclic) bond motifs is 1. The Labute approximate surface area is 117 Å². The molecule has 2 aromatic rings. The van der Waals surface area contributed by atoms with Gasteiger partial charge in [0, 0.05) is 11.9 Å². The Bertz CT molecular complexity index is 739. The first-order chi connectivity index (χ1) is 9.53. The van der Waals surface area contributed by atoms with Crippen molar-refractivity contribution in [1.29, 1.82) is 0 Å². The quantitative estimate of drug-likeness (QED) is 0.373. The maximum absolute atomic E-state index is 11.5. The van der Waals surface area contributed by atoms with Gasteiger partial charge in [0.05, 0.1) is 25.2 Å². The highest BCUT2D eigenvalue weighted by molar-refractivity contribution is 6.18. The number of nitrogens with zero attached hydrogens (tertiary/aromatic N) is 1. The van der Waals surface area contributed by atoms with Crippen molar-refractivity contribution < 1.29 is 18.8 Å². The topological polar surface area (TPSA) is 91.8 Å². The van der Waals surface area contributed by atoms with Gasteiger partial charge in [-0.3, -0.25) is 10.1 Å². The van der Waals surface area contributed by atoms with E-state index in [2.05, 4.69) is 0 Å². The lowest BCUT2D eigenvalue weighted by Gasteiger charge is -2.11. The second kappa shape index (κ2) is 5.38. The molecule has 0 saturated heterocycles. The number of halogens is 1. The molecule has 0 bridgehead atoms. The molecule has 8 heteroatoms. The normalized spacial score (nSPS) is 10.6. The molecule has 0 atom stereocenters. The summed E-state index contributed by atoms with van der Waals surface area (Å²) < 4.78 is 15.2. The summed E-state index contributed by atoms with van der Waals surface area (Å²) in [4.78, 5) is 22.1. The van der Waals surface area contributed by atoms with Gasteiger partial charge >= 0.3 is 5.63 Å². The van der Waals surface area contributed by atoms with Gasteiger partial charge in [-0.2, -0.15) is 0 Å². The Morgan fingerprint density at radius 3 is 2.55 bits per heavy atom. The van der Waals surface area contributed by atoms with E-state index >= 15 is 0 Å². The molecular formula is C12H10ClNO6. The number of non-ortho nitro benzene ring substituents is 1. The Morgan fingerprint density at radius 1 is 1.35 bits per heavy atom. The molecule has 1 aromatic heterocycles. The highest BCUT2D eigenvalue weighted by Crippen LogP contribution is 2.42. The summed E-state index contributed by atoms with van der Waals surface area (Å²) in [6.07, 6.45) is 0. The summed E-state index contributed by atoms with van der Waals surface area (Å²) >= 11 is 5.75. The molecule has 0 amide bonds. The van der Waals surface area contributed by atoms with Crippen molar-refractivity contribution >= 4 is 28.3 Å². The molecule has 0 saturated carbocycles. The van der Waals surface area contributed by atoms with Crippen LogP contribution >= 0.6 is 11.6 Å². The predicted molar refractivity (Wildman–Crippen MR) is 71.8 cm³/mol. The summed E-state index contributed by atoms with van der Waals surface area (Å²) in [5.74, 6) is 0.136.